The van der Waals surface area contributed by atoms with E-state index in [1.807, 2.05) is 59.5 Å². The molecule has 0 saturated carbocycles. The Hall–Kier alpha value is -4.17. The summed E-state index contributed by atoms with van der Waals surface area (Å²) in [6.07, 6.45) is 0.790. The molecule has 3 aromatic carbocycles. The number of nitrogens with zero attached hydrogens (tertiary/aromatic N) is 1. The van der Waals surface area contributed by atoms with Crippen LogP contribution in [0.4, 0.5) is 5.69 Å². The van der Waals surface area contributed by atoms with E-state index in [-0.39, 0.29) is 36.2 Å². The van der Waals surface area contributed by atoms with Crippen LogP contribution in [-0.4, -0.2) is 55.4 Å². The predicted octanol–water partition coefficient (Wildman–Crippen LogP) is 3.93. The monoisotopic (exact) mass is 528 g/mol. The molecule has 1 aliphatic heterocycles. The van der Waals surface area contributed by atoms with E-state index >= 15 is 0 Å². The van der Waals surface area contributed by atoms with Gasteiger partial charge in [0.25, 0.3) is 0 Å². The molecule has 3 N–H and O–H groups in total. The van der Waals surface area contributed by atoms with Crippen molar-refractivity contribution in [2.24, 2.45) is 0 Å². The lowest BCUT2D eigenvalue weighted by Crippen LogP contribution is -2.51. The first-order valence-electron chi connectivity index (χ1n) is 13.2. The van der Waals surface area contributed by atoms with Crippen molar-refractivity contribution < 1.29 is 19.1 Å². The van der Waals surface area contributed by atoms with Gasteiger partial charge in [-0.25, -0.2) is 0 Å². The molecular formula is C31H36N4O4. The number of methoxy groups -OCH3 is 1. The Kier molecular flexibility index (Phi) is 9.33. The van der Waals surface area contributed by atoms with Crippen LogP contribution in [0.3, 0.4) is 0 Å². The largest absolute Gasteiger partial charge is 0.496 e. The molecule has 8 nitrogen and oxygen atoms in total. The van der Waals surface area contributed by atoms with Gasteiger partial charge in [-0.05, 0) is 47.4 Å². The summed E-state index contributed by atoms with van der Waals surface area (Å²) < 4.78 is 5.67. The minimum Gasteiger partial charge on any atom is -0.496 e. The summed E-state index contributed by atoms with van der Waals surface area (Å²) in [5, 5.41) is 9.16. The summed E-state index contributed by atoms with van der Waals surface area (Å²) in [5.41, 5.74) is 5.07. The SMILES string of the molecule is COc1ccc(-c2ccc(NC(C)=O)cc2)cc1CN[C@H]1CCN(C(=O)CNC(C)=O)C[C@H]1c1ccccc1. The molecule has 4 rings (SSSR count). The maximum atomic E-state index is 12.7. The molecule has 204 valence electrons. The second-order valence-electron chi connectivity index (χ2n) is 9.83. The molecule has 0 bridgehead atoms. The molecule has 0 radical (unpaired) electrons. The van der Waals surface area contributed by atoms with Crippen LogP contribution in [0.2, 0.25) is 0 Å². The molecule has 0 unspecified atom stereocenters. The number of amides is 3. The maximum Gasteiger partial charge on any atom is 0.241 e. The zero-order valence-corrected chi connectivity index (χ0v) is 22.7. The number of ether oxygens (including phenoxy) is 1. The molecule has 39 heavy (non-hydrogen) atoms. The molecular weight excluding hydrogens is 492 g/mol. The first-order chi connectivity index (χ1) is 18.8. The van der Waals surface area contributed by atoms with Crippen LogP contribution in [0.1, 0.15) is 37.3 Å². The lowest BCUT2D eigenvalue weighted by atomic mass is 9.85. The summed E-state index contributed by atoms with van der Waals surface area (Å²) in [5.74, 6) is 0.539. The highest BCUT2D eigenvalue weighted by molar-refractivity contribution is 5.89. The number of carbonyl (C=O) groups is 3. The number of hydrogen-bond acceptors (Lipinski definition) is 5. The van der Waals surface area contributed by atoms with Gasteiger partial charge in [-0.3, -0.25) is 14.4 Å². The van der Waals surface area contributed by atoms with E-state index in [1.54, 1.807) is 7.11 Å². The van der Waals surface area contributed by atoms with Crippen LogP contribution in [0.25, 0.3) is 11.1 Å². The highest BCUT2D eigenvalue weighted by Gasteiger charge is 2.32. The van der Waals surface area contributed by atoms with Crippen molar-refractivity contribution in [1.82, 2.24) is 15.5 Å². The zero-order valence-electron chi connectivity index (χ0n) is 22.7. The molecule has 1 saturated heterocycles. The smallest absolute Gasteiger partial charge is 0.241 e. The highest BCUT2D eigenvalue weighted by atomic mass is 16.5. The minimum absolute atomic E-state index is 0.0186. The average Bonchev–Trinajstić information content (AvgIpc) is 2.95. The van der Waals surface area contributed by atoms with E-state index in [0.717, 1.165) is 34.5 Å². The topological polar surface area (TPSA) is 99.8 Å². The molecule has 0 aromatic heterocycles. The van der Waals surface area contributed by atoms with Crippen LogP contribution in [-0.2, 0) is 20.9 Å². The standard InChI is InChI=1S/C31H36N4O4/c1-21(36)32-19-31(38)35-16-15-29(28(20-35)24-7-5-4-6-8-24)33-18-26-17-25(11-14-30(26)39-3)23-9-12-27(13-10-23)34-22(2)37/h4-14,17,28-29,33H,15-16,18-20H2,1-3H3,(H,32,36)(H,34,37)/t28-,29-/m0/s1. The van der Waals surface area contributed by atoms with Crippen molar-refractivity contribution in [3.8, 4) is 16.9 Å². The van der Waals surface area contributed by atoms with Crippen molar-refractivity contribution in [2.45, 2.75) is 38.8 Å². The summed E-state index contributed by atoms with van der Waals surface area (Å²) >= 11 is 0. The number of piperidine rings is 1. The number of benzene rings is 3. The van der Waals surface area contributed by atoms with Gasteiger partial charge < -0.3 is 25.6 Å². The predicted molar refractivity (Wildman–Crippen MR) is 152 cm³/mol. The van der Waals surface area contributed by atoms with Crippen molar-refractivity contribution in [1.29, 1.82) is 0 Å². The van der Waals surface area contributed by atoms with E-state index in [0.29, 0.717) is 19.6 Å². The first kappa shape index (κ1) is 27.9. The second kappa shape index (κ2) is 13.1. The van der Waals surface area contributed by atoms with Crippen LogP contribution in [0.5, 0.6) is 5.75 Å². The third-order valence-electron chi connectivity index (χ3n) is 7.06. The molecule has 3 amide bonds. The van der Waals surface area contributed by atoms with Gasteiger partial charge in [-0.1, -0.05) is 48.5 Å². The van der Waals surface area contributed by atoms with Crippen molar-refractivity contribution in [2.75, 3.05) is 32.1 Å². The summed E-state index contributed by atoms with van der Waals surface area (Å²) in [4.78, 5) is 37.2. The number of carbonyl (C=O) groups excluding carboxylic acids is 3. The Labute approximate surface area is 229 Å². The van der Waals surface area contributed by atoms with Crippen LogP contribution >= 0.6 is 0 Å². The molecule has 2 atom stereocenters. The van der Waals surface area contributed by atoms with Crippen molar-refractivity contribution in [3.05, 3.63) is 83.9 Å². The third kappa shape index (κ3) is 7.45. The average molecular weight is 529 g/mol. The normalized spacial score (nSPS) is 16.8. The number of nitrogens with one attached hydrogen (secondary N) is 3. The van der Waals surface area contributed by atoms with Crippen LogP contribution < -0.4 is 20.7 Å². The van der Waals surface area contributed by atoms with Gasteiger partial charge in [0.1, 0.15) is 5.75 Å². The number of hydrogen-bond donors (Lipinski definition) is 3. The van der Waals surface area contributed by atoms with E-state index in [1.165, 1.54) is 19.4 Å². The molecule has 0 spiro atoms. The Bertz CT molecular complexity index is 1290. The second-order valence-corrected chi connectivity index (χ2v) is 9.83. The Balaban J connectivity index is 1.50. The first-order valence-corrected chi connectivity index (χ1v) is 13.2. The third-order valence-corrected chi connectivity index (χ3v) is 7.06. The fraction of sp³-hybridized carbons (Fsp3) is 0.323. The van der Waals surface area contributed by atoms with E-state index in [9.17, 15) is 14.4 Å². The Morgan fingerprint density at radius 1 is 0.923 bits per heavy atom. The fourth-order valence-electron chi connectivity index (χ4n) is 5.06. The molecule has 1 heterocycles. The molecule has 1 fully saturated rings. The van der Waals surface area contributed by atoms with Crippen LogP contribution in [0, 0.1) is 0 Å². The highest BCUT2D eigenvalue weighted by Crippen LogP contribution is 2.30. The van der Waals surface area contributed by atoms with Gasteiger partial charge >= 0.3 is 0 Å². The number of likely N-dealkylation sites (tertiary alicyclic amines) is 1. The number of anilines is 1. The van der Waals surface area contributed by atoms with E-state index in [2.05, 4.69) is 34.1 Å². The fourth-order valence-corrected chi connectivity index (χ4v) is 5.06. The summed E-state index contributed by atoms with van der Waals surface area (Å²) in [6.45, 7) is 4.74. The minimum atomic E-state index is -0.209. The van der Waals surface area contributed by atoms with E-state index in [4.69, 9.17) is 4.74 Å². The van der Waals surface area contributed by atoms with Gasteiger partial charge in [0.05, 0.1) is 13.7 Å². The van der Waals surface area contributed by atoms with Gasteiger partial charge in [-0.15, -0.1) is 0 Å². The van der Waals surface area contributed by atoms with E-state index < -0.39 is 0 Å². The van der Waals surface area contributed by atoms with Crippen molar-refractivity contribution >= 4 is 23.4 Å². The van der Waals surface area contributed by atoms with Crippen molar-refractivity contribution in [3.63, 3.8) is 0 Å². The summed E-state index contributed by atoms with van der Waals surface area (Å²) in [7, 11) is 1.67. The maximum absolute atomic E-state index is 12.7. The Morgan fingerprint density at radius 2 is 1.64 bits per heavy atom. The van der Waals surface area contributed by atoms with Gasteiger partial charge in [-0.2, -0.15) is 0 Å². The quantitative estimate of drug-likeness (QED) is 0.391. The molecule has 1 aliphatic rings. The lowest BCUT2D eigenvalue weighted by molar-refractivity contribution is -0.133. The molecule has 3 aromatic rings. The Morgan fingerprint density at radius 3 is 2.31 bits per heavy atom. The lowest BCUT2D eigenvalue weighted by Gasteiger charge is -2.39. The summed E-state index contributed by atoms with van der Waals surface area (Å²) in [6, 6.07) is 24.3. The number of rotatable bonds is 9. The van der Waals surface area contributed by atoms with Gasteiger partial charge in [0, 0.05) is 56.7 Å². The zero-order chi connectivity index (χ0) is 27.8. The molecule has 8 heteroatoms. The van der Waals surface area contributed by atoms with Gasteiger partial charge in [0.15, 0.2) is 0 Å². The van der Waals surface area contributed by atoms with Gasteiger partial charge in [0.2, 0.25) is 17.7 Å². The molecule has 0 aliphatic carbocycles. The van der Waals surface area contributed by atoms with Crippen LogP contribution in [0.15, 0.2) is 72.8 Å².